The van der Waals surface area contributed by atoms with Gasteiger partial charge in [0.25, 0.3) is 0 Å². The molecule has 0 bridgehead atoms. The standard InChI is InChI=1S/C18H16O4/c1-2-14-7-6-8-15(11-14)12-17(19)21-13-22-18(20)16-9-4-3-5-10-16/h2-11H,1,12-13H2. The van der Waals surface area contributed by atoms with Crippen molar-refractivity contribution in [2.75, 3.05) is 6.79 Å². The highest BCUT2D eigenvalue weighted by Crippen LogP contribution is 2.08. The second-order valence-electron chi connectivity index (χ2n) is 4.56. The lowest BCUT2D eigenvalue weighted by Crippen LogP contribution is -2.14. The molecule has 0 heterocycles. The summed E-state index contributed by atoms with van der Waals surface area (Å²) in [5, 5.41) is 0. The van der Waals surface area contributed by atoms with Crippen molar-refractivity contribution >= 4 is 18.0 Å². The first-order chi connectivity index (χ1) is 10.7. The van der Waals surface area contributed by atoms with Crippen LogP contribution in [0.1, 0.15) is 21.5 Å². The van der Waals surface area contributed by atoms with Crippen LogP contribution in [0.4, 0.5) is 0 Å². The van der Waals surface area contributed by atoms with E-state index in [0.29, 0.717) is 5.56 Å². The summed E-state index contributed by atoms with van der Waals surface area (Å²) >= 11 is 0. The largest absolute Gasteiger partial charge is 0.428 e. The van der Waals surface area contributed by atoms with E-state index in [1.165, 1.54) is 0 Å². The van der Waals surface area contributed by atoms with Crippen LogP contribution in [0.3, 0.4) is 0 Å². The Balaban J connectivity index is 1.78. The van der Waals surface area contributed by atoms with E-state index in [9.17, 15) is 9.59 Å². The van der Waals surface area contributed by atoms with Gasteiger partial charge < -0.3 is 9.47 Å². The molecule has 0 aromatic heterocycles. The molecule has 2 rings (SSSR count). The van der Waals surface area contributed by atoms with Crippen molar-refractivity contribution in [3.05, 3.63) is 77.9 Å². The third-order valence-corrected chi connectivity index (χ3v) is 2.95. The predicted molar refractivity (Wildman–Crippen MR) is 83.1 cm³/mol. The van der Waals surface area contributed by atoms with Gasteiger partial charge in [0, 0.05) is 0 Å². The molecule has 0 aliphatic heterocycles. The Kier molecular flexibility index (Phi) is 5.49. The highest BCUT2D eigenvalue weighted by Gasteiger charge is 2.09. The first-order valence-electron chi connectivity index (χ1n) is 6.78. The van der Waals surface area contributed by atoms with E-state index in [-0.39, 0.29) is 6.42 Å². The lowest BCUT2D eigenvalue weighted by molar-refractivity contribution is -0.151. The van der Waals surface area contributed by atoms with Gasteiger partial charge in [0.15, 0.2) is 0 Å². The molecule has 0 atom stereocenters. The van der Waals surface area contributed by atoms with Crippen molar-refractivity contribution in [2.24, 2.45) is 0 Å². The van der Waals surface area contributed by atoms with Crippen LogP contribution in [0, 0.1) is 0 Å². The van der Waals surface area contributed by atoms with Gasteiger partial charge in [-0.25, -0.2) is 4.79 Å². The zero-order chi connectivity index (χ0) is 15.8. The summed E-state index contributed by atoms with van der Waals surface area (Å²) in [6.45, 7) is 3.28. The van der Waals surface area contributed by atoms with Crippen LogP contribution in [0.25, 0.3) is 6.08 Å². The Labute approximate surface area is 129 Å². The van der Waals surface area contributed by atoms with Crippen molar-refractivity contribution < 1.29 is 19.1 Å². The van der Waals surface area contributed by atoms with E-state index in [2.05, 4.69) is 6.58 Å². The maximum Gasteiger partial charge on any atom is 0.340 e. The van der Waals surface area contributed by atoms with Gasteiger partial charge in [-0.2, -0.15) is 0 Å². The molecule has 0 N–H and O–H groups in total. The van der Waals surface area contributed by atoms with Crippen LogP contribution in [0.5, 0.6) is 0 Å². The van der Waals surface area contributed by atoms with Crippen LogP contribution in [0.15, 0.2) is 61.2 Å². The van der Waals surface area contributed by atoms with E-state index in [4.69, 9.17) is 9.47 Å². The predicted octanol–water partition coefficient (Wildman–Crippen LogP) is 3.23. The monoisotopic (exact) mass is 296 g/mol. The number of hydrogen-bond acceptors (Lipinski definition) is 4. The van der Waals surface area contributed by atoms with Crippen LogP contribution in [-0.4, -0.2) is 18.7 Å². The maximum absolute atomic E-state index is 11.7. The van der Waals surface area contributed by atoms with Gasteiger partial charge in [-0.1, -0.05) is 55.1 Å². The minimum Gasteiger partial charge on any atom is -0.428 e. The smallest absolute Gasteiger partial charge is 0.340 e. The molecule has 22 heavy (non-hydrogen) atoms. The molecule has 4 heteroatoms. The molecule has 2 aromatic rings. The average molecular weight is 296 g/mol. The van der Waals surface area contributed by atoms with Crippen LogP contribution in [0.2, 0.25) is 0 Å². The second-order valence-corrected chi connectivity index (χ2v) is 4.56. The van der Waals surface area contributed by atoms with Crippen molar-refractivity contribution in [3.8, 4) is 0 Å². The molecule has 0 radical (unpaired) electrons. The Morgan fingerprint density at radius 1 is 1.00 bits per heavy atom. The summed E-state index contributed by atoms with van der Waals surface area (Å²) in [5.74, 6) is -0.982. The summed E-state index contributed by atoms with van der Waals surface area (Å²) in [6, 6.07) is 15.9. The van der Waals surface area contributed by atoms with Gasteiger partial charge in [0.2, 0.25) is 6.79 Å². The summed E-state index contributed by atoms with van der Waals surface area (Å²) < 4.78 is 9.79. The molecule has 0 amide bonds. The lowest BCUT2D eigenvalue weighted by atomic mass is 10.1. The molecule has 112 valence electrons. The molecule has 0 aliphatic carbocycles. The Morgan fingerprint density at radius 2 is 1.77 bits per heavy atom. The molecule has 2 aromatic carbocycles. The highest BCUT2D eigenvalue weighted by atomic mass is 16.7. The first-order valence-corrected chi connectivity index (χ1v) is 6.78. The van der Waals surface area contributed by atoms with Gasteiger partial charge in [-0.15, -0.1) is 0 Å². The van der Waals surface area contributed by atoms with Gasteiger partial charge in [0.05, 0.1) is 12.0 Å². The summed E-state index contributed by atoms with van der Waals surface area (Å²) in [7, 11) is 0. The molecule has 0 saturated carbocycles. The number of esters is 2. The lowest BCUT2D eigenvalue weighted by Gasteiger charge is -2.07. The van der Waals surface area contributed by atoms with Crippen LogP contribution in [-0.2, 0) is 20.7 Å². The molecule has 0 fully saturated rings. The molecular weight excluding hydrogens is 280 g/mol. The average Bonchev–Trinajstić information content (AvgIpc) is 2.55. The normalized spacial score (nSPS) is 9.82. The Morgan fingerprint density at radius 3 is 2.50 bits per heavy atom. The Bertz CT molecular complexity index is 662. The van der Waals surface area contributed by atoms with E-state index < -0.39 is 18.7 Å². The minimum atomic E-state index is -0.526. The van der Waals surface area contributed by atoms with Crippen molar-refractivity contribution in [3.63, 3.8) is 0 Å². The molecule has 0 aliphatic rings. The fraction of sp³-hybridized carbons (Fsp3) is 0.111. The number of rotatable bonds is 6. The van der Waals surface area contributed by atoms with Gasteiger partial charge in [-0.3, -0.25) is 4.79 Å². The molecule has 4 nitrogen and oxygen atoms in total. The summed E-state index contributed by atoms with van der Waals surface area (Å²) in [5.41, 5.74) is 2.16. The molecule has 0 spiro atoms. The molecule has 0 unspecified atom stereocenters. The number of carbonyl (C=O) groups excluding carboxylic acids is 2. The fourth-order valence-electron chi connectivity index (χ4n) is 1.85. The SMILES string of the molecule is C=Cc1cccc(CC(=O)OCOC(=O)c2ccccc2)c1. The number of ether oxygens (including phenoxy) is 2. The third kappa shape index (κ3) is 4.59. The summed E-state index contributed by atoms with van der Waals surface area (Å²) in [4.78, 5) is 23.3. The van der Waals surface area contributed by atoms with E-state index in [0.717, 1.165) is 11.1 Å². The maximum atomic E-state index is 11.7. The van der Waals surface area contributed by atoms with Crippen LogP contribution < -0.4 is 0 Å². The minimum absolute atomic E-state index is 0.116. The van der Waals surface area contributed by atoms with E-state index in [1.807, 2.05) is 24.3 Å². The zero-order valence-corrected chi connectivity index (χ0v) is 12.0. The highest BCUT2D eigenvalue weighted by molar-refractivity contribution is 5.89. The van der Waals surface area contributed by atoms with Crippen molar-refractivity contribution in [1.82, 2.24) is 0 Å². The fourth-order valence-corrected chi connectivity index (χ4v) is 1.85. The van der Waals surface area contributed by atoms with E-state index in [1.54, 1.807) is 36.4 Å². The Hall–Kier alpha value is -2.88. The zero-order valence-electron chi connectivity index (χ0n) is 12.0. The number of hydrogen-bond donors (Lipinski definition) is 0. The number of carbonyl (C=O) groups is 2. The van der Waals surface area contributed by atoms with Crippen molar-refractivity contribution in [1.29, 1.82) is 0 Å². The number of benzene rings is 2. The van der Waals surface area contributed by atoms with Gasteiger partial charge >= 0.3 is 11.9 Å². The summed E-state index contributed by atoms with van der Waals surface area (Å²) in [6.07, 6.45) is 1.82. The topological polar surface area (TPSA) is 52.6 Å². The second kappa shape index (κ2) is 7.78. The van der Waals surface area contributed by atoms with Crippen LogP contribution >= 0.6 is 0 Å². The quantitative estimate of drug-likeness (QED) is 0.606. The van der Waals surface area contributed by atoms with Gasteiger partial charge in [-0.05, 0) is 23.3 Å². The van der Waals surface area contributed by atoms with Crippen molar-refractivity contribution in [2.45, 2.75) is 6.42 Å². The van der Waals surface area contributed by atoms with Gasteiger partial charge in [0.1, 0.15) is 0 Å². The molecular formula is C18H16O4. The molecule has 0 saturated heterocycles. The van der Waals surface area contributed by atoms with E-state index >= 15 is 0 Å². The third-order valence-electron chi connectivity index (χ3n) is 2.95. The first kappa shape index (κ1) is 15.5.